The lowest BCUT2D eigenvalue weighted by atomic mass is 10.3. The van der Waals surface area contributed by atoms with Gasteiger partial charge in [0, 0.05) is 11.4 Å². The van der Waals surface area contributed by atoms with Gasteiger partial charge in [-0.15, -0.1) is 0 Å². The lowest BCUT2D eigenvalue weighted by Crippen LogP contribution is -2.13. The van der Waals surface area contributed by atoms with E-state index in [0.717, 1.165) is 5.33 Å². The van der Waals surface area contributed by atoms with Crippen LogP contribution in [-0.4, -0.2) is 56.5 Å². The zero-order chi connectivity index (χ0) is 16.8. The molecule has 0 saturated heterocycles. The average molecular weight is 393 g/mol. The maximum Gasteiger partial charge on any atom is 0.294 e. The van der Waals surface area contributed by atoms with Gasteiger partial charge in [-0.1, -0.05) is 28.1 Å². The van der Waals surface area contributed by atoms with Gasteiger partial charge in [-0.25, -0.2) is 0 Å². The predicted octanol–water partition coefficient (Wildman–Crippen LogP) is 2.38. The molecule has 0 aliphatic carbocycles. The predicted molar refractivity (Wildman–Crippen MR) is 88.9 cm³/mol. The highest BCUT2D eigenvalue weighted by Crippen LogP contribution is 2.22. The lowest BCUT2D eigenvalue weighted by Gasteiger charge is -2.08. The van der Waals surface area contributed by atoms with Crippen molar-refractivity contribution in [3.63, 3.8) is 0 Å². The summed E-state index contributed by atoms with van der Waals surface area (Å²) in [5.74, 6) is 0. The van der Waals surface area contributed by atoms with Gasteiger partial charge in [-0.2, -0.15) is 0 Å². The van der Waals surface area contributed by atoms with Gasteiger partial charge in [0.25, 0.3) is 5.69 Å². The van der Waals surface area contributed by atoms with Crippen molar-refractivity contribution in [1.82, 2.24) is 0 Å². The molecule has 130 valence electrons. The molecule has 1 aromatic rings. The van der Waals surface area contributed by atoms with Crippen molar-refractivity contribution in [2.45, 2.75) is 0 Å². The number of hydrogen-bond donors (Lipinski definition) is 1. The number of anilines is 1. The summed E-state index contributed by atoms with van der Waals surface area (Å²) < 4.78 is 15.8. The standard InChI is InChI=1S/C14H21BrN2O6/c15-5-6-20-7-8-21-9-10-22-11-12-23-16-13-3-1-2-4-14(13)17(18)19/h1-4,16H,5-12H2. The molecule has 0 amide bonds. The molecule has 0 atom stereocenters. The number of nitro groups is 1. The second-order valence-corrected chi connectivity index (χ2v) is 5.04. The highest BCUT2D eigenvalue weighted by atomic mass is 79.9. The summed E-state index contributed by atoms with van der Waals surface area (Å²) in [4.78, 5) is 15.5. The molecule has 1 aromatic carbocycles. The van der Waals surface area contributed by atoms with E-state index in [2.05, 4.69) is 21.4 Å². The van der Waals surface area contributed by atoms with Crippen LogP contribution in [0.15, 0.2) is 24.3 Å². The Kier molecular flexibility index (Phi) is 11.4. The smallest absolute Gasteiger partial charge is 0.294 e. The van der Waals surface area contributed by atoms with Gasteiger partial charge in [-0.3, -0.25) is 20.4 Å². The minimum absolute atomic E-state index is 0.0380. The molecule has 8 nitrogen and oxygen atoms in total. The number of nitrogens with one attached hydrogen (secondary N) is 1. The third kappa shape index (κ3) is 9.47. The molecule has 1 N–H and O–H groups in total. The van der Waals surface area contributed by atoms with E-state index in [1.165, 1.54) is 6.07 Å². The number of nitrogens with zero attached hydrogens (tertiary/aromatic N) is 1. The van der Waals surface area contributed by atoms with Crippen LogP contribution in [0.1, 0.15) is 0 Å². The number of halogens is 1. The van der Waals surface area contributed by atoms with Gasteiger partial charge in [0.05, 0.1) is 51.2 Å². The van der Waals surface area contributed by atoms with E-state index in [-0.39, 0.29) is 12.3 Å². The fourth-order valence-electron chi connectivity index (χ4n) is 1.54. The Morgan fingerprint density at radius 3 is 2.13 bits per heavy atom. The van der Waals surface area contributed by atoms with E-state index in [4.69, 9.17) is 19.0 Å². The third-order valence-electron chi connectivity index (χ3n) is 2.58. The van der Waals surface area contributed by atoms with E-state index in [1.54, 1.807) is 18.2 Å². The Bertz CT molecular complexity index is 449. The van der Waals surface area contributed by atoms with E-state index in [9.17, 15) is 10.1 Å². The normalized spacial score (nSPS) is 10.7. The van der Waals surface area contributed by atoms with Gasteiger partial charge in [0.15, 0.2) is 0 Å². The van der Waals surface area contributed by atoms with Gasteiger partial charge < -0.3 is 14.2 Å². The molecule has 0 fully saturated rings. The number of ether oxygens (including phenoxy) is 3. The van der Waals surface area contributed by atoms with Crippen LogP contribution in [-0.2, 0) is 19.0 Å². The molecule has 0 aromatic heterocycles. The van der Waals surface area contributed by atoms with Gasteiger partial charge in [0.2, 0.25) is 0 Å². The molecular formula is C14H21BrN2O6. The molecule has 0 unspecified atom stereocenters. The Morgan fingerprint density at radius 1 is 0.957 bits per heavy atom. The lowest BCUT2D eigenvalue weighted by molar-refractivity contribution is -0.384. The first-order chi connectivity index (χ1) is 11.3. The van der Waals surface area contributed by atoms with Crippen molar-refractivity contribution in [3.05, 3.63) is 34.4 Å². The fourth-order valence-corrected chi connectivity index (χ4v) is 1.77. The van der Waals surface area contributed by atoms with E-state index >= 15 is 0 Å². The summed E-state index contributed by atoms with van der Waals surface area (Å²) in [7, 11) is 0. The van der Waals surface area contributed by atoms with Crippen LogP contribution >= 0.6 is 15.9 Å². The third-order valence-corrected chi connectivity index (χ3v) is 2.90. The number of hydrogen-bond acceptors (Lipinski definition) is 7. The highest BCUT2D eigenvalue weighted by molar-refractivity contribution is 9.09. The molecule has 0 spiro atoms. The summed E-state index contributed by atoms with van der Waals surface area (Å²) >= 11 is 3.26. The summed E-state index contributed by atoms with van der Waals surface area (Å²) in [5, 5.41) is 11.6. The zero-order valence-electron chi connectivity index (χ0n) is 12.7. The molecule has 0 aliphatic heterocycles. The molecule has 0 saturated carbocycles. The van der Waals surface area contributed by atoms with Crippen LogP contribution in [0.5, 0.6) is 0 Å². The largest absolute Gasteiger partial charge is 0.378 e. The molecule has 0 heterocycles. The first kappa shape index (κ1) is 19.8. The van der Waals surface area contributed by atoms with Gasteiger partial charge in [0.1, 0.15) is 5.69 Å². The number of rotatable bonds is 14. The molecule has 0 aliphatic rings. The monoisotopic (exact) mass is 392 g/mol. The molecule has 1 rings (SSSR count). The molecular weight excluding hydrogens is 372 g/mol. The maximum atomic E-state index is 10.8. The Hall–Kier alpha value is -1.26. The molecule has 9 heteroatoms. The van der Waals surface area contributed by atoms with Crippen molar-refractivity contribution >= 4 is 27.3 Å². The summed E-state index contributed by atoms with van der Waals surface area (Å²) in [6.07, 6.45) is 0. The molecule has 0 bridgehead atoms. The topological polar surface area (TPSA) is 92.1 Å². The quantitative estimate of drug-likeness (QED) is 0.225. The fraction of sp³-hybridized carbons (Fsp3) is 0.571. The van der Waals surface area contributed by atoms with Crippen molar-refractivity contribution in [3.8, 4) is 0 Å². The minimum atomic E-state index is -0.471. The van der Waals surface area contributed by atoms with Crippen LogP contribution in [0.25, 0.3) is 0 Å². The van der Waals surface area contributed by atoms with Gasteiger partial charge in [-0.05, 0) is 6.07 Å². The SMILES string of the molecule is O=[N+]([O-])c1ccccc1NOCCOCCOCCOCCBr. The van der Waals surface area contributed by atoms with Crippen molar-refractivity contribution in [2.75, 3.05) is 57.1 Å². The van der Waals surface area contributed by atoms with E-state index in [0.29, 0.717) is 45.3 Å². The van der Waals surface area contributed by atoms with Crippen LogP contribution in [0.2, 0.25) is 0 Å². The minimum Gasteiger partial charge on any atom is -0.378 e. The first-order valence-electron chi connectivity index (χ1n) is 7.16. The Labute approximate surface area is 143 Å². The second kappa shape index (κ2) is 13.2. The second-order valence-electron chi connectivity index (χ2n) is 4.25. The van der Waals surface area contributed by atoms with Crippen molar-refractivity contribution in [1.29, 1.82) is 0 Å². The van der Waals surface area contributed by atoms with Crippen molar-refractivity contribution in [2.24, 2.45) is 0 Å². The number of nitro benzene ring substituents is 1. The van der Waals surface area contributed by atoms with E-state index in [1.807, 2.05) is 0 Å². The Balaban J connectivity index is 1.97. The molecule has 0 radical (unpaired) electrons. The molecule has 23 heavy (non-hydrogen) atoms. The van der Waals surface area contributed by atoms with Crippen molar-refractivity contribution < 1.29 is 24.0 Å². The summed E-state index contributed by atoms with van der Waals surface area (Å²) in [5.41, 5.74) is 2.82. The Morgan fingerprint density at radius 2 is 1.52 bits per heavy atom. The maximum absolute atomic E-state index is 10.8. The van der Waals surface area contributed by atoms with E-state index < -0.39 is 4.92 Å². The van der Waals surface area contributed by atoms with Crippen LogP contribution < -0.4 is 5.48 Å². The summed E-state index contributed by atoms with van der Waals surface area (Å²) in [6.45, 7) is 3.32. The van der Waals surface area contributed by atoms with Gasteiger partial charge >= 0.3 is 0 Å². The van der Waals surface area contributed by atoms with Crippen LogP contribution in [0.4, 0.5) is 11.4 Å². The first-order valence-corrected chi connectivity index (χ1v) is 8.28. The zero-order valence-corrected chi connectivity index (χ0v) is 14.3. The number of alkyl halides is 1. The van der Waals surface area contributed by atoms with Crippen LogP contribution in [0, 0.1) is 10.1 Å². The number of benzene rings is 1. The highest BCUT2D eigenvalue weighted by Gasteiger charge is 2.11. The summed E-state index contributed by atoms with van der Waals surface area (Å²) in [6, 6.07) is 6.26. The van der Waals surface area contributed by atoms with Crippen LogP contribution in [0.3, 0.4) is 0 Å². The number of para-hydroxylation sites is 2. The average Bonchev–Trinajstić information content (AvgIpc) is 2.56.